The van der Waals surface area contributed by atoms with Crippen LogP contribution in [0.25, 0.3) is 0 Å². The zero-order chi connectivity index (χ0) is 23.3. The number of imide groups is 1. The molecule has 1 saturated carbocycles. The van der Waals surface area contributed by atoms with Gasteiger partial charge in [0.15, 0.2) is 9.84 Å². The minimum absolute atomic E-state index is 0.0127. The molecule has 0 bridgehead atoms. The van der Waals surface area contributed by atoms with Crippen LogP contribution in [0.4, 0.5) is 4.79 Å². The van der Waals surface area contributed by atoms with Crippen molar-refractivity contribution in [1.82, 2.24) is 15.1 Å². The van der Waals surface area contributed by atoms with Crippen LogP contribution >= 0.6 is 0 Å². The van der Waals surface area contributed by atoms with Crippen LogP contribution in [0.1, 0.15) is 52.2 Å². The quantitative estimate of drug-likeness (QED) is 0.664. The molecule has 4 amide bonds. The van der Waals surface area contributed by atoms with Crippen LogP contribution in [0.15, 0.2) is 22.8 Å². The molecule has 2 saturated heterocycles. The number of carbonyl (C=O) groups excluding carboxylic acids is 3. The minimum atomic E-state index is -3.23. The van der Waals surface area contributed by atoms with Gasteiger partial charge in [0.25, 0.3) is 5.91 Å². The molecular weight excluding hydrogens is 434 g/mol. The van der Waals surface area contributed by atoms with E-state index in [1.165, 1.54) is 11.2 Å². The molecule has 176 valence electrons. The summed E-state index contributed by atoms with van der Waals surface area (Å²) in [5.74, 6) is -0.176. The van der Waals surface area contributed by atoms with Crippen molar-refractivity contribution in [2.45, 2.75) is 64.6 Å². The zero-order valence-electron chi connectivity index (χ0n) is 18.8. The summed E-state index contributed by atoms with van der Waals surface area (Å²) in [5, 5.41) is 2.88. The maximum absolute atomic E-state index is 13.4. The van der Waals surface area contributed by atoms with Crippen LogP contribution in [0, 0.1) is 11.3 Å². The van der Waals surface area contributed by atoms with Crippen LogP contribution in [-0.4, -0.2) is 65.7 Å². The second kappa shape index (κ2) is 7.90. The van der Waals surface area contributed by atoms with Gasteiger partial charge in [0.1, 0.15) is 17.8 Å². The summed E-state index contributed by atoms with van der Waals surface area (Å²) in [6.45, 7) is 5.91. The average Bonchev–Trinajstić information content (AvgIpc) is 3.34. The average molecular weight is 466 g/mol. The van der Waals surface area contributed by atoms with Gasteiger partial charge >= 0.3 is 6.03 Å². The molecule has 0 unspecified atom stereocenters. The van der Waals surface area contributed by atoms with E-state index in [4.69, 9.17) is 4.42 Å². The van der Waals surface area contributed by atoms with E-state index in [-0.39, 0.29) is 35.3 Å². The van der Waals surface area contributed by atoms with Crippen molar-refractivity contribution in [3.8, 4) is 0 Å². The first kappa shape index (κ1) is 22.8. The Hall–Kier alpha value is -2.36. The van der Waals surface area contributed by atoms with Gasteiger partial charge in [0.05, 0.1) is 24.3 Å². The van der Waals surface area contributed by atoms with Gasteiger partial charge < -0.3 is 14.6 Å². The van der Waals surface area contributed by atoms with Crippen molar-refractivity contribution in [2.75, 3.05) is 18.1 Å². The second-order valence-electron chi connectivity index (χ2n) is 10.4. The number of rotatable bonds is 5. The molecule has 4 rings (SSSR count). The number of hydrogen-bond acceptors (Lipinski definition) is 6. The van der Waals surface area contributed by atoms with Crippen LogP contribution in [-0.2, 0) is 26.0 Å². The van der Waals surface area contributed by atoms with Gasteiger partial charge in [-0.25, -0.2) is 13.2 Å². The lowest BCUT2D eigenvalue weighted by Gasteiger charge is -2.43. The van der Waals surface area contributed by atoms with Crippen molar-refractivity contribution in [3.05, 3.63) is 24.2 Å². The SMILES string of the molecule is C[C@@H]1CC(C)(C)C[C@@]2(C1)NC(=O)N(CC(=O)N(Cc1ccco1)[C@@H]1CCS(=O)(=O)C1)C2=O. The van der Waals surface area contributed by atoms with E-state index < -0.39 is 39.9 Å². The highest BCUT2D eigenvalue weighted by atomic mass is 32.2. The molecule has 32 heavy (non-hydrogen) atoms. The third-order valence-electron chi connectivity index (χ3n) is 6.79. The highest BCUT2D eigenvalue weighted by Crippen LogP contribution is 2.46. The lowest BCUT2D eigenvalue weighted by Crippen LogP contribution is -2.54. The Morgan fingerprint density at radius 1 is 1.31 bits per heavy atom. The molecule has 1 spiro atoms. The Balaban J connectivity index is 1.54. The van der Waals surface area contributed by atoms with Gasteiger partial charge in [0.2, 0.25) is 5.91 Å². The summed E-state index contributed by atoms with van der Waals surface area (Å²) in [7, 11) is -3.23. The minimum Gasteiger partial charge on any atom is -0.467 e. The first-order valence-corrected chi connectivity index (χ1v) is 12.9. The van der Waals surface area contributed by atoms with E-state index >= 15 is 0 Å². The fourth-order valence-electron chi connectivity index (χ4n) is 5.89. The van der Waals surface area contributed by atoms with Crippen molar-refractivity contribution in [3.63, 3.8) is 0 Å². The topological polar surface area (TPSA) is 117 Å². The molecule has 10 heteroatoms. The summed E-state index contributed by atoms with van der Waals surface area (Å²) in [5.41, 5.74) is -1.09. The normalized spacial score (nSPS) is 31.2. The summed E-state index contributed by atoms with van der Waals surface area (Å²) >= 11 is 0. The van der Waals surface area contributed by atoms with Gasteiger partial charge in [0, 0.05) is 6.04 Å². The van der Waals surface area contributed by atoms with Crippen LogP contribution < -0.4 is 5.32 Å². The molecule has 1 aromatic rings. The highest BCUT2D eigenvalue weighted by molar-refractivity contribution is 7.91. The third kappa shape index (κ3) is 4.42. The molecule has 3 fully saturated rings. The fraction of sp³-hybridized carbons (Fsp3) is 0.682. The molecular formula is C22H31N3O6S. The molecule has 2 aliphatic heterocycles. The second-order valence-corrected chi connectivity index (χ2v) is 12.6. The molecule has 1 aromatic heterocycles. The zero-order valence-corrected chi connectivity index (χ0v) is 19.6. The van der Waals surface area contributed by atoms with Crippen LogP contribution in [0.5, 0.6) is 0 Å². The summed E-state index contributed by atoms with van der Waals surface area (Å²) in [6.07, 6.45) is 3.84. The standard InChI is InChI=1S/C22H31N3O6S/c1-15-9-21(2,3)14-22(10-15)19(27)25(20(28)23-22)12-18(26)24(11-17-5-4-7-31-17)16-6-8-32(29,30)13-16/h4-5,7,15-16H,6,8-14H2,1-3H3,(H,23,28)/t15-,16-,22-/m1/s1. The summed E-state index contributed by atoms with van der Waals surface area (Å²) in [4.78, 5) is 41.9. The number of sulfone groups is 1. The van der Waals surface area contributed by atoms with Gasteiger partial charge in [-0.05, 0) is 49.1 Å². The molecule has 3 aliphatic rings. The fourth-order valence-corrected chi connectivity index (χ4v) is 7.62. The molecule has 1 N–H and O–H groups in total. The number of amides is 4. The van der Waals surface area contributed by atoms with E-state index in [0.717, 1.165) is 11.3 Å². The molecule has 0 radical (unpaired) electrons. The maximum atomic E-state index is 13.4. The highest BCUT2D eigenvalue weighted by Gasteiger charge is 2.56. The van der Waals surface area contributed by atoms with E-state index in [0.29, 0.717) is 25.0 Å². The van der Waals surface area contributed by atoms with Gasteiger partial charge in [-0.15, -0.1) is 0 Å². The molecule has 0 aromatic carbocycles. The summed E-state index contributed by atoms with van der Waals surface area (Å²) in [6, 6.07) is 2.32. The lowest BCUT2D eigenvalue weighted by molar-refractivity contribution is -0.142. The van der Waals surface area contributed by atoms with E-state index in [1.54, 1.807) is 12.1 Å². The Morgan fingerprint density at radius 3 is 2.66 bits per heavy atom. The number of carbonyl (C=O) groups is 3. The molecule has 3 atom stereocenters. The maximum Gasteiger partial charge on any atom is 0.325 e. The lowest BCUT2D eigenvalue weighted by atomic mass is 9.64. The van der Waals surface area contributed by atoms with Crippen molar-refractivity contribution < 1.29 is 27.2 Å². The van der Waals surface area contributed by atoms with E-state index in [9.17, 15) is 22.8 Å². The molecule has 1 aliphatic carbocycles. The van der Waals surface area contributed by atoms with E-state index in [2.05, 4.69) is 26.1 Å². The molecule has 9 nitrogen and oxygen atoms in total. The number of nitrogens with zero attached hydrogens (tertiary/aromatic N) is 2. The smallest absolute Gasteiger partial charge is 0.325 e. The predicted molar refractivity (Wildman–Crippen MR) is 116 cm³/mol. The molecule has 3 heterocycles. The Morgan fingerprint density at radius 2 is 2.06 bits per heavy atom. The van der Waals surface area contributed by atoms with E-state index in [1.807, 2.05) is 0 Å². The first-order valence-electron chi connectivity index (χ1n) is 11.1. The summed E-state index contributed by atoms with van der Waals surface area (Å²) < 4.78 is 29.4. The number of urea groups is 1. The van der Waals surface area contributed by atoms with Gasteiger partial charge in [-0.3, -0.25) is 14.5 Å². The van der Waals surface area contributed by atoms with Crippen LogP contribution in [0.2, 0.25) is 0 Å². The Kier molecular flexibility index (Phi) is 5.63. The Bertz CT molecular complexity index is 1020. The van der Waals surface area contributed by atoms with Crippen molar-refractivity contribution in [1.29, 1.82) is 0 Å². The number of hydrogen-bond donors (Lipinski definition) is 1. The Labute approximate surface area is 188 Å². The third-order valence-corrected chi connectivity index (χ3v) is 8.54. The van der Waals surface area contributed by atoms with Gasteiger partial charge in [-0.2, -0.15) is 0 Å². The van der Waals surface area contributed by atoms with Crippen molar-refractivity contribution in [2.24, 2.45) is 11.3 Å². The van der Waals surface area contributed by atoms with Crippen LogP contribution in [0.3, 0.4) is 0 Å². The predicted octanol–water partition coefficient (Wildman–Crippen LogP) is 1.93. The number of furan rings is 1. The monoisotopic (exact) mass is 465 g/mol. The largest absolute Gasteiger partial charge is 0.467 e. The van der Waals surface area contributed by atoms with Gasteiger partial charge in [-0.1, -0.05) is 20.8 Å². The number of nitrogens with one attached hydrogen (secondary N) is 1. The van der Waals surface area contributed by atoms with Crippen molar-refractivity contribution >= 4 is 27.7 Å². The first-order chi connectivity index (χ1) is 14.9.